The van der Waals surface area contributed by atoms with Crippen molar-refractivity contribution >= 4 is 11.9 Å². The van der Waals surface area contributed by atoms with Crippen molar-refractivity contribution in [1.82, 2.24) is 0 Å². The van der Waals surface area contributed by atoms with Crippen LogP contribution in [0.5, 0.6) is 11.5 Å². The molecule has 0 aromatic heterocycles. The van der Waals surface area contributed by atoms with E-state index in [2.05, 4.69) is 0 Å². The fourth-order valence-corrected chi connectivity index (χ4v) is 2.26. The van der Waals surface area contributed by atoms with Crippen LogP contribution in [-0.2, 0) is 9.53 Å². The summed E-state index contributed by atoms with van der Waals surface area (Å²) in [6.45, 7) is 4.59. The summed E-state index contributed by atoms with van der Waals surface area (Å²) in [6.07, 6.45) is -1.16. The molecular formula is C20H23NO5. The van der Waals surface area contributed by atoms with Gasteiger partial charge < -0.3 is 19.9 Å². The molecule has 2 aromatic carbocycles. The smallest absolute Gasteiger partial charge is 0.339 e. The van der Waals surface area contributed by atoms with Crippen molar-refractivity contribution in [3.63, 3.8) is 0 Å². The van der Waals surface area contributed by atoms with E-state index in [1.54, 1.807) is 42.5 Å². The number of amides is 1. The third-order valence-electron chi connectivity index (χ3n) is 3.56. The van der Waals surface area contributed by atoms with Crippen LogP contribution in [0.2, 0.25) is 0 Å². The zero-order valence-corrected chi connectivity index (χ0v) is 15.1. The van der Waals surface area contributed by atoms with Gasteiger partial charge in [-0.3, -0.25) is 4.79 Å². The predicted molar refractivity (Wildman–Crippen MR) is 97.1 cm³/mol. The first-order chi connectivity index (χ1) is 12.4. The molecule has 0 fully saturated rings. The molecule has 0 radical (unpaired) electrons. The van der Waals surface area contributed by atoms with E-state index in [0.29, 0.717) is 29.6 Å². The van der Waals surface area contributed by atoms with E-state index in [0.717, 1.165) is 0 Å². The second kappa shape index (κ2) is 8.89. The number of nitrogens with two attached hydrogens (primary N) is 1. The molecule has 2 aromatic rings. The van der Waals surface area contributed by atoms with Gasteiger partial charge in [0.1, 0.15) is 0 Å². The molecule has 1 unspecified atom stereocenters. The summed E-state index contributed by atoms with van der Waals surface area (Å²) in [7, 11) is 1.49. The van der Waals surface area contributed by atoms with Crippen molar-refractivity contribution < 1.29 is 23.8 Å². The maximum Gasteiger partial charge on any atom is 0.339 e. The number of hydrogen-bond donors (Lipinski definition) is 1. The van der Waals surface area contributed by atoms with Crippen LogP contribution in [0.1, 0.15) is 35.9 Å². The predicted octanol–water partition coefficient (Wildman–Crippen LogP) is 3.11. The number of methoxy groups -OCH3 is 1. The van der Waals surface area contributed by atoms with Gasteiger partial charge in [-0.2, -0.15) is 0 Å². The monoisotopic (exact) mass is 357 g/mol. The molecule has 6 nitrogen and oxygen atoms in total. The standard InChI is InChI=1S/C20H23NO5/c1-13(2)12-25-16-10-9-15(11-17(16)24-3)20(23)26-18(19(21)22)14-7-5-4-6-8-14/h4-11,13,18H,12H2,1-3H3,(H2,21,22). The summed E-state index contributed by atoms with van der Waals surface area (Å²) in [6, 6.07) is 13.3. The van der Waals surface area contributed by atoms with E-state index in [1.807, 2.05) is 13.8 Å². The second-order valence-electron chi connectivity index (χ2n) is 6.17. The minimum Gasteiger partial charge on any atom is -0.493 e. The molecule has 0 saturated carbocycles. The lowest BCUT2D eigenvalue weighted by Crippen LogP contribution is -2.26. The number of benzene rings is 2. The zero-order valence-electron chi connectivity index (χ0n) is 15.1. The van der Waals surface area contributed by atoms with Crippen LogP contribution >= 0.6 is 0 Å². The Bertz CT molecular complexity index is 758. The van der Waals surface area contributed by atoms with Crippen LogP contribution in [0.25, 0.3) is 0 Å². The molecule has 0 saturated heterocycles. The fraction of sp³-hybridized carbons (Fsp3) is 0.300. The van der Waals surface area contributed by atoms with Gasteiger partial charge in [-0.15, -0.1) is 0 Å². The van der Waals surface area contributed by atoms with Gasteiger partial charge in [0, 0.05) is 5.56 Å². The Kier molecular flexibility index (Phi) is 6.60. The van der Waals surface area contributed by atoms with Crippen LogP contribution in [-0.4, -0.2) is 25.6 Å². The molecule has 0 spiro atoms. The minimum atomic E-state index is -1.16. The Hall–Kier alpha value is -3.02. The van der Waals surface area contributed by atoms with Crippen LogP contribution in [0, 0.1) is 5.92 Å². The van der Waals surface area contributed by atoms with Gasteiger partial charge in [-0.1, -0.05) is 44.2 Å². The SMILES string of the molecule is COc1cc(C(=O)OC(C(N)=O)c2ccccc2)ccc1OCC(C)C. The Morgan fingerprint density at radius 2 is 1.73 bits per heavy atom. The third-order valence-corrected chi connectivity index (χ3v) is 3.56. The van der Waals surface area contributed by atoms with E-state index in [1.165, 1.54) is 13.2 Å². The Balaban J connectivity index is 2.19. The molecule has 0 heterocycles. The number of rotatable bonds is 8. The molecule has 1 atom stereocenters. The molecule has 0 aliphatic rings. The first kappa shape index (κ1) is 19.3. The van der Waals surface area contributed by atoms with E-state index in [-0.39, 0.29) is 5.56 Å². The van der Waals surface area contributed by atoms with Gasteiger partial charge in [0.05, 0.1) is 19.3 Å². The zero-order chi connectivity index (χ0) is 19.1. The average Bonchev–Trinajstić information content (AvgIpc) is 2.64. The van der Waals surface area contributed by atoms with Gasteiger partial charge in [-0.25, -0.2) is 4.79 Å². The van der Waals surface area contributed by atoms with Gasteiger partial charge in [0.15, 0.2) is 11.5 Å². The molecule has 2 N–H and O–H groups in total. The molecule has 0 aliphatic heterocycles. The molecule has 26 heavy (non-hydrogen) atoms. The van der Waals surface area contributed by atoms with Crippen LogP contribution < -0.4 is 15.2 Å². The molecule has 1 amide bonds. The van der Waals surface area contributed by atoms with Crippen LogP contribution in [0.15, 0.2) is 48.5 Å². The third kappa shape index (κ3) is 4.99. The summed E-state index contributed by atoms with van der Waals surface area (Å²) in [4.78, 5) is 24.1. The number of hydrogen-bond acceptors (Lipinski definition) is 5. The van der Waals surface area contributed by atoms with Crippen molar-refractivity contribution in [3.05, 3.63) is 59.7 Å². The molecular weight excluding hydrogens is 334 g/mol. The Labute approximate surface area is 152 Å². The maximum absolute atomic E-state index is 12.5. The molecule has 0 aliphatic carbocycles. The van der Waals surface area contributed by atoms with Crippen molar-refractivity contribution in [1.29, 1.82) is 0 Å². The highest BCUT2D eigenvalue weighted by atomic mass is 16.5. The Morgan fingerprint density at radius 3 is 2.31 bits per heavy atom. The number of esters is 1. The van der Waals surface area contributed by atoms with Crippen molar-refractivity contribution in [3.8, 4) is 11.5 Å². The lowest BCUT2D eigenvalue weighted by molar-refractivity contribution is -0.127. The number of carbonyl (C=O) groups is 2. The highest BCUT2D eigenvalue weighted by Gasteiger charge is 2.24. The molecule has 0 bridgehead atoms. The van der Waals surface area contributed by atoms with Gasteiger partial charge in [0.2, 0.25) is 6.10 Å². The number of carbonyl (C=O) groups excluding carboxylic acids is 2. The quantitative estimate of drug-likeness (QED) is 0.734. The molecule has 6 heteroatoms. The highest BCUT2D eigenvalue weighted by Crippen LogP contribution is 2.29. The summed E-state index contributed by atoms with van der Waals surface area (Å²) >= 11 is 0. The lowest BCUT2D eigenvalue weighted by Gasteiger charge is -2.16. The van der Waals surface area contributed by atoms with Crippen molar-refractivity contribution in [2.45, 2.75) is 20.0 Å². The minimum absolute atomic E-state index is 0.237. The average molecular weight is 357 g/mol. The van der Waals surface area contributed by atoms with E-state index in [4.69, 9.17) is 19.9 Å². The normalized spacial score (nSPS) is 11.7. The van der Waals surface area contributed by atoms with Gasteiger partial charge in [-0.05, 0) is 24.1 Å². The van der Waals surface area contributed by atoms with E-state index in [9.17, 15) is 9.59 Å². The van der Waals surface area contributed by atoms with Gasteiger partial charge >= 0.3 is 5.97 Å². The summed E-state index contributed by atoms with van der Waals surface area (Å²) in [5, 5.41) is 0. The summed E-state index contributed by atoms with van der Waals surface area (Å²) in [5.41, 5.74) is 6.13. The number of ether oxygens (including phenoxy) is 3. The maximum atomic E-state index is 12.5. The van der Waals surface area contributed by atoms with Crippen LogP contribution in [0.4, 0.5) is 0 Å². The molecule has 138 valence electrons. The van der Waals surface area contributed by atoms with Crippen molar-refractivity contribution in [2.24, 2.45) is 11.7 Å². The summed E-state index contributed by atoms with van der Waals surface area (Å²) in [5.74, 6) is -0.117. The fourth-order valence-electron chi connectivity index (χ4n) is 2.26. The molecule has 2 rings (SSSR count). The van der Waals surface area contributed by atoms with Gasteiger partial charge in [0.25, 0.3) is 5.91 Å². The van der Waals surface area contributed by atoms with Crippen LogP contribution in [0.3, 0.4) is 0 Å². The highest BCUT2D eigenvalue weighted by molar-refractivity contribution is 5.93. The number of primary amides is 1. The summed E-state index contributed by atoms with van der Waals surface area (Å²) < 4.78 is 16.3. The van der Waals surface area contributed by atoms with Crippen molar-refractivity contribution in [2.75, 3.05) is 13.7 Å². The first-order valence-corrected chi connectivity index (χ1v) is 8.28. The van der Waals surface area contributed by atoms with E-state index < -0.39 is 18.0 Å². The first-order valence-electron chi connectivity index (χ1n) is 8.28. The Morgan fingerprint density at radius 1 is 1.04 bits per heavy atom. The largest absolute Gasteiger partial charge is 0.493 e. The van der Waals surface area contributed by atoms with E-state index >= 15 is 0 Å². The topological polar surface area (TPSA) is 87.9 Å². The lowest BCUT2D eigenvalue weighted by atomic mass is 10.1. The second-order valence-corrected chi connectivity index (χ2v) is 6.17.